The van der Waals surface area contributed by atoms with Crippen LogP contribution in [0, 0.1) is 5.41 Å². The summed E-state index contributed by atoms with van der Waals surface area (Å²) in [5.74, 6) is -0.0673. The van der Waals surface area contributed by atoms with Crippen LogP contribution in [0.5, 0.6) is 0 Å². The first-order valence-electron chi connectivity index (χ1n) is 5.16. The Bertz CT molecular complexity index is 385. The summed E-state index contributed by atoms with van der Waals surface area (Å²) >= 11 is 5.92. The molecule has 1 amide bonds. The minimum Gasteiger partial charge on any atom is -0.341 e. The van der Waals surface area contributed by atoms with Gasteiger partial charge in [0.1, 0.15) is 0 Å². The lowest BCUT2D eigenvalue weighted by atomic mass is 9.96. The molecule has 0 saturated carbocycles. The zero-order valence-electron chi connectivity index (χ0n) is 10.1. The van der Waals surface area contributed by atoms with Crippen LogP contribution in [0.4, 0.5) is 0 Å². The Kier molecular flexibility index (Phi) is 3.92. The van der Waals surface area contributed by atoms with Gasteiger partial charge in [-0.05, 0) is 11.5 Å². The Morgan fingerprint density at radius 2 is 2.12 bits per heavy atom. The van der Waals surface area contributed by atoms with Gasteiger partial charge in [0, 0.05) is 26.0 Å². The Morgan fingerprint density at radius 1 is 1.50 bits per heavy atom. The number of hydrogen-bond donors (Lipinski definition) is 0. The molecule has 1 aromatic rings. The number of halogens is 1. The molecule has 0 atom stereocenters. The molecule has 0 fully saturated rings. The van der Waals surface area contributed by atoms with Gasteiger partial charge < -0.3 is 4.90 Å². The van der Waals surface area contributed by atoms with Crippen molar-refractivity contribution >= 4 is 17.5 Å². The van der Waals surface area contributed by atoms with Crippen LogP contribution < -0.4 is 0 Å². The van der Waals surface area contributed by atoms with Gasteiger partial charge in [-0.3, -0.25) is 9.78 Å². The van der Waals surface area contributed by atoms with Crippen LogP contribution in [0.2, 0.25) is 5.02 Å². The van der Waals surface area contributed by atoms with Gasteiger partial charge in [-0.2, -0.15) is 0 Å². The van der Waals surface area contributed by atoms with Crippen molar-refractivity contribution in [3.63, 3.8) is 0 Å². The van der Waals surface area contributed by atoms with Gasteiger partial charge in [0.15, 0.2) is 0 Å². The molecule has 4 heteroatoms. The Labute approximate surface area is 101 Å². The summed E-state index contributed by atoms with van der Waals surface area (Å²) in [7, 11) is 1.78. The number of amides is 1. The predicted molar refractivity (Wildman–Crippen MR) is 65.7 cm³/mol. The molecule has 0 radical (unpaired) electrons. The monoisotopic (exact) mass is 240 g/mol. The quantitative estimate of drug-likeness (QED) is 0.797. The Hall–Kier alpha value is -1.09. The standard InChI is InChI=1S/C12H17ClN2O/c1-12(2,3)8-15(4)11(16)9-5-6-14-7-10(9)13/h5-7H,8H2,1-4H3. The van der Waals surface area contributed by atoms with Gasteiger partial charge in [0.25, 0.3) is 5.91 Å². The summed E-state index contributed by atoms with van der Waals surface area (Å²) < 4.78 is 0. The predicted octanol–water partition coefficient (Wildman–Crippen LogP) is 2.85. The fourth-order valence-corrected chi connectivity index (χ4v) is 1.74. The maximum Gasteiger partial charge on any atom is 0.255 e. The third-order valence-electron chi connectivity index (χ3n) is 2.06. The molecule has 0 unspecified atom stereocenters. The van der Waals surface area contributed by atoms with Gasteiger partial charge in [0.05, 0.1) is 10.6 Å². The van der Waals surface area contributed by atoms with Gasteiger partial charge in [-0.25, -0.2) is 0 Å². The number of aromatic nitrogens is 1. The fraction of sp³-hybridized carbons (Fsp3) is 0.500. The molecule has 0 spiro atoms. The molecule has 3 nitrogen and oxygen atoms in total. The number of hydrogen-bond acceptors (Lipinski definition) is 2. The topological polar surface area (TPSA) is 33.2 Å². The summed E-state index contributed by atoms with van der Waals surface area (Å²) in [6.07, 6.45) is 3.06. The summed E-state index contributed by atoms with van der Waals surface area (Å²) in [5.41, 5.74) is 0.576. The first kappa shape index (κ1) is 13.0. The summed E-state index contributed by atoms with van der Waals surface area (Å²) in [6, 6.07) is 1.64. The highest BCUT2D eigenvalue weighted by Crippen LogP contribution is 2.19. The zero-order chi connectivity index (χ0) is 12.3. The average Bonchev–Trinajstić information content (AvgIpc) is 2.15. The second kappa shape index (κ2) is 4.83. The number of carbonyl (C=O) groups excluding carboxylic acids is 1. The van der Waals surface area contributed by atoms with Crippen molar-refractivity contribution in [2.75, 3.05) is 13.6 Å². The van der Waals surface area contributed by atoms with E-state index in [0.29, 0.717) is 17.1 Å². The van der Waals surface area contributed by atoms with Crippen LogP contribution in [-0.4, -0.2) is 29.4 Å². The molecule has 0 saturated heterocycles. The molecular formula is C12H17ClN2O. The molecule has 0 aliphatic heterocycles. The van der Waals surface area contributed by atoms with Crippen LogP contribution in [0.3, 0.4) is 0 Å². The van der Waals surface area contributed by atoms with E-state index < -0.39 is 0 Å². The molecule has 16 heavy (non-hydrogen) atoms. The van der Waals surface area contributed by atoms with Crippen LogP contribution in [0.25, 0.3) is 0 Å². The van der Waals surface area contributed by atoms with Crippen molar-refractivity contribution in [1.29, 1.82) is 0 Å². The van der Waals surface area contributed by atoms with Crippen molar-refractivity contribution < 1.29 is 4.79 Å². The van der Waals surface area contributed by atoms with E-state index in [9.17, 15) is 4.79 Å². The molecule has 1 aromatic heterocycles. The first-order valence-corrected chi connectivity index (χ1v) is 5.54. The van der Waals surface area contributed by atoms with E-state index in [1.54, 1.807) is 24.2 Å². The van der Waals surface area contributed by atoms with Crippen LogP contribution >= 0.6 is 11.6 Å². The largest absolute Gasteiger partial charge is 0.341 e. The fourth-order valence-electron chi connectivity index (χ4n) is 1.54. The highest BCUT2D eigenvalue weighted by Gasteiger charge is 2.20. The second-order valence-electron chi connectivity index (χ2n) is 5.08. The van der Waals surface area contributed by atoms with Gasteiger partial charge in [-0.15, -0.1) is 0 Å². The molecule has 0 bridgehead atoms. The number of nitrogens with zero attached hydrogens (tertiary/aromatic N) is 2. The number of rotatable bonds is 2. The van der Waals surface area contributed by atoms with Crippen LogP contribution in [0.1, 0.15) is 31.1 Å². The van der Waals surface area contributed by atoms with E-state index in [1.165, 1.54) is 6.20 Å². The first-order chi connectivity index (χ1) is 7.31. The molecular weight excluding hydrogens is 224 g/mol. The van der Waals surface area contributed by atoms with Crippen molar-refractivity contribution in [3.8, 4) is 0 Å². The number of carbonyl (C=O) groups is 1. The van der Waals surface area contributed by atoms with E-state index in [0.717, 1.165) is 0 Å². The van der Waals surface area contributed by atoms with Gasteiger partial charge in [0.2, 0.25) is 0 Å². The van der Waals surface area contributed by atoms with E-state index in [2.05, 4.69) is 25.8 Å². The highest BCUT2D eigenvalue weighted by molar-refractivity contribution is 6.33. The molecule has 0 aliphatic carbocycles. The average molecular weight is 241 g/mol. The van der Waals surface area contributed by atoms with Gasteiger partial charge in [-0.1, -0.05) is 32.4 Å². The van der Waals surface area contributed by atoms with E-state index >= 15 is 0 Å². The molecule has 1 heterocycles. The van der Waals surface area contributed by atoms with E-state index in [1.807, 2.05) is 0 Å². The highest BCUT2D eigenvalue weighted by atomic mass is 35.5. The second-order valence-corrected chi connectivity index (χ2v) is 5.48. The van der Waals surface area contributed by atoms with E-state index in [-0.39, 0.29) is 11.3 Å². The van der Waals surface area contributed by atoms with Gasteiger partial charge >= 0.3 is 0 Å². The SMILES string of the molecule is CN(CC(C)(C)C)C(=O)c1ccncc1Cl. The summed E-state index contributed by atoms with van der Waals surface area (Å²) in [4.78, 5) is 17.6. The maximum atomic E-state index is 12.1. The van der Waals surface area contributed by atoms with Crippen molar-refractivity contribution in [2.45, 2.75) is 20.8 Å². The molecule has 0 aromatic carbocycles. The van der Waals surface area contributed by atoms with E-state index in [4.69, 9.17) is 11.6 Å². The Morgan fingerprint density at radius 3 is 2.62 bits per heavy atom. The maximum absolute atomic E-state index is 12.1. The zero-order valence-corrected chi connectivity index (χ0v) is 10.9. The third-order valence-corrected chi connectivity index (χ3v) is 2.36. The third kappa shape index (κ3) is 3.49. The lowest BCUT2D eigenvalue weighted by Gasteiger charge is -2.26. The lowest BCUT2D eigenvalue weighted by molar-refractivity contribution is 0.0745. The van der Waals surface area contributed by atoms with Crippen LogP contribution in [0.15, 0.2) is 18.5 Å². The smallest absolute Gasteiger partial charge is 0.255 e. The summed E-state index contributed by atoms with van der Waals surface area (Å²) in [5, 5.41) is 0.397. The molecule has 0 aliphatic rings. The minimum atomic E-state index is -0.0673. The summed E-state index contributed by atoms with van der Waals surface area (Å²) in [6.45, 7) is 6.95. The lowest BCUT2D eigenvalue weighted by Crippen LogP contribution is -2.34. The normalized spacial score (nSPS) is 11.3. The minimum absolute atomic E-state index is 0.0673. The van der Waals surface area contributed by atoms with Crippen molar-refractivity contribution in [3.05, 3.63) is 29.0 Å². The van der Waals surface area contributed by atoms with Crippen molar-refractivity contribution in [2.24, 2.45) is 5.41 Å². The molecule has 88 valence electrons. The Balaban J connectivity index is 2.83. The van der Waals surface area contributed by atoms with Crippen LogP contribution in [-0.2, 0) is 0 Å². The molecule has 0 N–H and O–H groups in total. The number of pyridine rings is 1. The van der Waals surface area contributed by atoms with Crippen molar-refractivity contribution in [1.82, 2.24) is 9.88 Å². The molecule has 1 rings (SSSR count).